The predicted octanol–water partition coefficient (Wildman–Crippen LogP) is 4.07. The highest BCUT2D eigenvalue weighted by molar-refractivity contribution is 6.35. The zero-order chi connectivity index (χ0) is 12.0. The van der Waals surface area contributed by atoms with Crippen molar-refractivity contribution >= 4 is 23.2 Å². The third-order valence-corrected chi connectivity index (χ3v) is 3.59. The van der Waals surface area contributed by atoms with Crippen LogP contribution in [0.25, 0.3) is 11.3 Å². The van der Waals surface area contributed by atoms with Crippen molar-refractivity contribution in [3.8, 4) is 11.3 Å². The smallest absolute Gasteiger partial charge is 0.135 e. The Balaban J connectivity index is 1.98. The van der Waals surface area contributed by atoms with E-state index in [0.717, 1.165) is 23.5 Å². The maximum Gasteiger partial charge on any atom is 0.135 e. The lowest BCUT2D eigenvalue weighted by atomic mass is 10.2. The molecule has 1 fully saturated rings. The van der Waals surface area contributed by atoms with E-state index < -0.39 is 0 Å². The predicted molar refractivity (Wildman–Crippen MR) is 69.5 cm³/mol. The van der Waals surface area contributed by atoms with Gasteiger partial charge >= 0.3 is 0 Å². The van der Waals surface area contributed by atoms with Gasteiger partial charge in [0.05, 0.1) is 5.02 Å². The van der Waals surface area contributed by atoms with Crippen LogP contribution in [0.1, 0.15) is 18.1 Å². The van der Waals surface area contributed by atoms with E-state index in [1.807, 2.05) is 12.1 Å². The van der Waals surface area contributed by atoms with Crippen LogP contribution >= 0.6 is 23.2 Å². The lowest BCUT2D eigenvalue weighted by Crippen LogP contribution is -2.00. The molecule has 3 rings (SSSR count). The number of furan rings is 1. The monoisotopic (exact) mass is 267 g/mol. The Morgan fingerprint density at radius 3 is 2.65 bits per heavy atom. The van der Waals surface area contributed by atoms with Gasteiger partial charge in [-0.3, -0.25) is 0 Å². The van der Waals surface area contributed by atoms with E-state index in [4.69, 9.17) is 33.4 Å². The minimum absolute atomic E-state index is 0.240. The first-order chi connectivity index (χ1) is 8.15. The van der Waals surface area contributed by atoms with Gasteiger partial charge in [-0.1, -0.05) is 23.2 Å². The zero-order valence-corrected chi connectivity index (χ0v) is 10.5. The van der Waals surface area contributed by atoms with E-state index in [9.17, 15) is 0 Å². The second kappa shape index (κ2) is 4.05. The molecular weight excluding hydrogens is 257 g/mol. The summed E-state index contributed by atoms with van der Waals surface area (Å²) < 4.78 is 5.78. The summed E-state index contributed by atoms with van der Waals surface area (Å²) in [6.45, 7) is 0. The average Bonchev–Trinajstić information content (AvgIpc) is 2.85. The van der Waals surface area contributed by atoms with E-state index in [1.165, 1.54) is 0 Å². The third kappa shape index (κ3) is 2.08. The molecule has 1 aromatic heterocycles. The van der Waals surface area contributed by atoms with Gasteiger partial charge in [-0.2, -0.15) is 0 Å². The van der Waals surface area contributed by atoms with Gasteiger partial charge in [-0.05, 0) is 36.8 Å². The van der Waals surface area contributed by atoms with E-state index in [2.05, 4.69) is 0 Å². The molecule has 1 aromatic carbocycles. The summed E-state index contributed by atoms with van der Waals surface area (Å²) in [4.78, 5) is 0. The molecule has 2 N–H and O–H groups in total. The molecule has 1 saturated carbocycles. The summed E-state index contributed by atoms with van der Waals surface area (Å²) in [7, 11) is 0. The molecule has 0 saturated heterocycles. The topological polar surface area (TPSA) is 39.2 Å². The molecule has 0 aliphatic heterocycles. The molecule has 2 aromatic rings. The molecule has 1 aliphatic rings. The second-order valence-electron chi connectivity index (χ2n) is 4.33. The number of hydrogen-bond donors (Lipinski definition) is 1. The van der Waals surface area contributed by atoms with Crippen LogP contribution in [-0.4, -0.2) is 6.04 Å². The van der Waals surface area contributed by atoms with E-state index >= 15 is 0 Å². The van der Waals surface area contributed by atoms with E-state index in [-0.39, 0.29) is 6.04 Å². The largest absolute Gasteiger partial charge is 0.461 e. The highest BCUT2D eigenvalue weighted by atomic mass is 35.5. The van der Waals surface area contributed by atoms with Crippen LogP contribution < -0.4 is 5.73 Å². The molecule has 0 radical (unpaired) electrons. The molecular formula is C13H11Cl2NO. The third-order valence-electron chi connectivity index (χ3n) is 3.03. The number of halogens is 2. The van der Waals surface area contributed by atoms with Gasteiger partial charge in [0, 0.05) is 22.5 Å². The lowest BCUT2D eigenvalue weighted by Gasteiger charge is -2.01. The van der Waals surface area contributed by atoms with Crippen molar-refractivity contribution in [2.75, 3.05) is 0 Å². The molecule has 0 amide bonds. The Morgan fingerprint density at radius 2 is 1.94 bits per heavy atom. The second-order valence-corrected chi connectivity index (χ2v) is 5.18. The Bertz CT molecular complexity index is 564. The number of hydrogen-bond acceptors (Lipinski definition) is 2. The summed E-state index contributed by atoms with van der Waals surface area (Å²) in [6.07, 6.45) is 0.996. The fourth-order valence-corrected chi connectivity index (χ4v) is 2.31. The molecule has 1 heterocycles. The molecule has 88 valence electrons. The van der Waals surface area contributed by atoms with Crippen molar-refractivity contribution in [1.29, 1.82) is 0 Å². The fourth-order valence-electron chi connectivity index (χ4n) is 1.92. The molecule has 2 unspecified atom stereocenters. The zero-order valence-electron chi connectivity index (χ0n) is 8.99. The van der Waals surface area contributed by atoms with Crippen LogP contribution in [0, 0.1) is 0 Å². The van der Waals surface area contributed by atoms with Gasteiger partial charge in [0.25, 0.3) is 0 Å². The van der Waals surface area contributed by atoms with Crippen molar-refractivity contribution in [2.45, 2.75) is 18.4 Å². The standard InChI is InChI=1S/C13H11Cl2NO/c14-7-1-2-10(15)8(5-7)12-3-4-13(17-12)9-6-11(9)16/h1-5,9,11H,6,16H2. The van der Waals surface area contributed by atoms with Crippen LogP contribution in [0.4, 0.5) is 0 Å². The Hall–Kier alpha value is -0.960. The summed E-state index contributed by atoms with van der Waals surface area (Å²) in [5, 5.41) is 1.28. The first kappa shape index (κ1) is 11.1. The van der Waals surface area contributed by atoms with Crippen molar-refractivity contribution in [1.82, 2.24) is 0 Å². The molecule has 0 bridgehead atoms. The summed E-state index contributed by atoms with van der Waals surface area (Å²) in [5.74, 6) is 2.04. The summed E-state index contributed by atoms with van der Waals surface area (Å²) >= 11 is 12.1. The first-order valence-electron chi connectivity index (χ1n) is 5.46. The normalized spacial score (nSPS) is 22.8. The summed E-state index contributed by atoms with van der Waals surface area (Å²) in [6, 6.07) is 9.45. The highest BCUT2D eigenvalue weighted by Crippen LogP contribution is 2.42. The van der Waals surface area contributed by atoms with Crippen LogP contribution in [0.3, 0.4) is 0 Å². The lowest BCUT2D eigenvalue weighted by molar-refractivity contribution is 0.522. The molecule has 0 spiro atoms. The van der Waals surface area contributed by atoms with Gasteiger partial charge in [-0.25, -0.2) is 0 Å². The summed E-state index contributed by atoms with van der Waals surface area (Å²) in [5.41, 5.74) is 6.61. The molecule has 17 heavy (non-hydrogen) atoms. The van der Waals surface area contributed by atoms with Crippen LogP contribution in [-0.2, 0) is 0 Å². The van der Waals surface area contributed by atoms with Crippen molar-refractivity contribution in [2.24, 2.45) is 5.73 Å². The van der Waals surface area contributed by atoms with Gasteiger partial charge < -0.3 is 10.2 Å². The van der Waals surface area contributed by atoms with Gasteiger partial charge in [0.2, 0.25) is 0 Å². The van der Waals surface area contributed by atoms with Gasteiger partial charge in [0.1, 0.15) is 11.5 Å². The van der Waals surface area contributed by atoms with Crippen LogP contribution in [0.15, 0.2) is 34.7 Å². The molecule has 1 aliphatic carbocycles. The van der Waals surface area contributed by atoms with E-state index in [0.29, 0.717) is 16.0 Å². The first-order valence-corrected chi connectivity index (χ1v) is 6.21. The Morgan fingerprint density at radius 1 is 1.18 bits per heavy atom. The Kier molecular flexibility index (Phi) is 2.66. The quantitative estimate of drug-likeness (QED) is 0.891. The van der Waals surface area contributed by atoms with Crippen molar-refractivity contribution < 1.29 is 4.42 Å². The van der Waals surface area contributed by atoms with Gasteiger partial charge in [-0.15, -0.1) is 0 Å². The van der Waals surface area contributed by atoms with Crippen molar-refractivity contribution in [3.05, 3.63) is 46.1 Å². The number of nitrogens with two attached hydrogens (primary N) is 1. The number of rotatable bonds is 2. The highest BCUT2D eigenvalue weighted by Gasteiger charge is 2.37. The maximum absolute atomic E-state index is 6.12. The Labute approximate surface area is 109 Å². The molecule has 2 nitrogen and oxygen atoms in total. The fraction of sp³-hybridized carbons (Fsp3) is 0.231. The van der Waals surface area contributed by atoms with Crippen LogP contribution in [0.2, 0.25) is 10.0 Å². The van der Waals surface area contributed by atoms with E-state index in [1.54, 1.807) is 18.2 Å². The maximum atomic E-state index is 6.12. The minimum atomic E-state index is 0.240. The molecule has 4 heteroatoms. The number of benzene rings is 1. The SMILES string of the molecule is NC1CC1c1ccc(-c2cc(Cl)ccc2Cl)o1. The average molecular weight is 268 g/mol. The van der Waals surface area contributed by atoms with Gasteiger partial charge in [0.15, 0.2) is 0 Å². The van der Waals surface area contributed by atoms with Crippen LogP contribution in [0.5, 0.6) is 0 Å². The molecule has 2 atom stereocenters. The van der Waals surface area contributed by atoms with Crippen molar-refractivity contribution in [3.63, 3.8) is 0 Å². The minimum Gasteiger partial charge on any atom is -0.461 e.